The molecule has 10 atom stereocenters. The summed E-state index contributed by atoms with van der Waals surface area (Å²) >= 11 is 5.62. The predicted molar refractivity (Wildman–Crippen MR) is 126 cm³/mol. The normalized spacial score (nSPS) is 36.5. The van der Waals surface area contributed by atoms with Crippen LogP contribution < -0.4 is 0 Å². The number of urea groups is 1. The Hall–Kier alpha value is -1.50. The maximum atomic E-state index is 12.9. The lowest BCUT2D eigenvalue weighted by atomic mass is 9.89. The summed E-state index contributed by atoms with van der Waals surface area (Å²) in [5, 5.41) is 73.9. The number of hydrogen-bond donors (Lipinski definition) is 7. The minimum Gasteiger partial charge on any atom is -0.394 e. The number of amides is 2. The summed E-state index contributed by atoms with van der Waals surface area (Å²) in [6, 6.07) is -0.931. The van der Waals surface area contributed by atoms with E-state index < -0.39 is 80.2 Å². The van der Waals surface area contributed by atoms with Gasteiger partial charge < -0.3 is 50.0 Å². The smallest absolute Gasteiger partial charge is 0.345 e. The fourth-order valence-electron chi connectivity index (χ4n) is 4.19. The van der Waals surface area contributed by atoms with Gasteiger partial charge in [-0.2, -0.15) is 5.01 Å². The molecule has 0 aromatic carbocycles. The van der Waals surface area contributed by atoms with Gasteiger partial charge in [0.2, 0.25) is 0 Å². The first-order chi connectivity index (χ1) is 17.7. The monoisotopic (exact) mass is 557 g/mol. The number of aliphatic hydroxyl groups excluding tert-OH is 7. The number of carbonyl (C=O) groups excluding carboxylic acids is 1. The van der Waals surface area contributed by atoms with E-state index >= 15 is 0 Å². The summed E-state index contributed by atoms with van der Waals surface area (Å²) in [5.74, 6) is -1.08. The topological polar surface area (TPSA) is 222 Å². The van der Waals surface area contributed by atoms with Crippen LogP contribution >= 0.6 is 11.6 Å². The highest BCUT2D eigenvalue weighted by Crippen LogP contribution is 2.30. The Balaban J connectivity index is 2.11. The molecule has 2 aliphatic heterocycles. The van der Waals surface area contributed by atoms with Gasteiger partial charge in [0.05, 0.1) is 50.5 Å². The number of aliphatic hydroxyl groups is 7. The molecule has 10 unspecified atom stereocenters. The van der Waals surface area contributed by atoms with E-state index in [1.165, 1.54) is 0 Å². The highest BCUT2D eigenvalue weighted by atomic mass is 35.5. The average Bonchev–Trinajstić information content (AvgIpc) is 2.90. The van der Waals surface area contributed by atoms with Gasteiger partial charge in [-0.05, 0) is 6.92 Å². The second-order valence-corrected chi connectivity index (χ2v) is 9.07. The maximum Gasteiger partial charge on any atom is 0.345 e. The van der Waals surface area contributed by atoms with Crippen molar-refractivity contribution in [2.75, 3.05) is 45.4 Å². The fourth-order valence-corrected chi connectivity index (χ4v) is 4.35. The molecule has 16 heteroatoms. The lowest BCUT2D eigenvalue weighted by molar-refractivity contribution is -0.257. The van der Waals surface area contributed by atoms with Crippen molar-refractivity contribution in [1.29, 1.82) is 0 Å². The van der Waals surface area contributed by atoms with Crippen LogP contribution in [0.5, 0.6) is 0 Å². The Morgan fingerprint density at radius 3 is 2.16 bits per heavy atom. The zero-order chi connectivity index (χ0) is 27.7. The average molecular weight is 558 g/mol. The Morgan fingerprint density at radius 2 is 1.59 bits per heavy atom. The van der Waals surface area contributed by atoms with Gasteiger partial charge in [0, 0.05) is 18.3 Å². The third-order valence-electron chi connectivity index (χ3n) is 6.34. The zero-order valence-electron chi connectivity index (χ0n) is 20.3. The molecule has 2 heterocycles. The lowest BCUT2D eigenvalue weighted by Gasteiger charge is -2.46. The van der Waals surface area contributed by atoms with E-state index in [4.69, 9.17) is 25.8 Å². The first kappa shape index (κ1) is 31.7. The number of allylic oxidation sites excluding steroid dienone is 1. The third kappa shape index (κ3) is 7.54. The van der Waals surface area contributed by atoms with Gasteiger partial charge >= 0.3 is 6.03 Å². The van der Waals surface area contributed by atoms with Crippen LogP contribution in [-0.4, -0.2) is 152 Å². The Morgan fingerprint density at radius 1 is 0.946 bits per heavy atom. The van der Waals surface area contributed by atoms with Crippen LogP contribution in [0.15, 0.2) is 17.4 Å². The van der Waals surface area contributed by atoms with Crippen molar-refractivity contribution >= 4 is 17.6 Å². The van der Waals surface area contributed by atoms with Crippen molar-refractivity contribution in [1.82, 2.24) is 9.91 Å². The van der Waals surface area contributed by atoms with Crippen LogP contribution in [0.1, 0.15) is 6.92 Å². The van der Waals surface area contributed by atoms with E-state index in [1.807, 2.05) is 0 Å². The molecule has 2 aliphatic rings. The van der Waals surface area contributed by atoms with Gasteiger partial charge in [-0.25, -0.2) is 4.79 Å². The van der Waals surface area contributed by atoms with Gasteiger partial charge in [-0.1, -0.05) is 12.2 Å². The van der Waals surface area contributed by atoms with Gasteiger partial charge in [0.15, 0.2) is 6.23 Å². The van der Waals surface area contributed by atoms with E-state index in [9.17, 15) is 45.4 Å². The molecular weight excluding hydrogens is 522 g/mol. The molecule has 214 valence electrons. The summed E-state index contributed by atoms with van der Waals surface area (Å²) in [4.78, 5) is 25.0. The molecule has 7 N–H and O–H groups in total. The number of carbonyl (C=O) groups is 1. The predicted octanol–water partition coefficient (Wildman–Crippen LogP) is -2.88. The number of alkyl halides is 1. The van der Waals surface area contributed by atoms with Gasteiger partial charge in [-0.15, -0.1) is 16.5 Å². The lowest BCUT2D eigenvalue weighted by Crippen LogP contribution is -2.64. The SMILES string of the molecule is C/C=C\CN(C(=O)N(CCCl)N=O)C1OC(CO)C(COCC2OC(CO)C(O)C(O)C2O)C(O)C1O. The molecule has 2 rings (SSSR count). The molecule has 2 saturated heterocycles. The van der Waals surface area contributed by atoms with Crippen LogP contribution in [0, 0.1) is 10.8 Å². The molecule has 15 nitrogen and oxygen atoms in total. The number of hydrogen-bond acceptors (Lipinski definition) is 13. The first-order valence-corrected chi connectivity index (χ1v) is 12.3. The molecule has 2 amide bonds. The van der Waals surface area contributed by atoms with E-state index in [0.717, 1.165) is 4.90 Å². The van der Waals surface area contributed by atoms with Crippen LogP contribution in [0.25, 0.3) is 0 Å². The van der Waals surface area contributed by atoms with Crippen molar-refractivity contribution in [3.63, 3.8) is 0 Å². The first-order valence-electron chi connectivity index (χ1n) is 11.8. The fraction of sp³-hybridized carbons (Fsp3) is 0.857. The molecule has 0 saturated carbocycles. The number of rotatable bonds is 12. The third-order valence-corrected chi connectivity index (χ3v) is 6.51. The van der Waals surface area contributed by atoms with Gasteiger partial charge in [0.25, 0.3) is 0 Å². The maximum absolute atomic E-state index is 12.9. The van der Waals surface area contributed by atoms with Crippen LogP contribution in [-0.2, 0) is 14.2 Å². The largest absolute Gasteiger partial charge is 0.394 e. The highest BCUT2D eigenvalue weighted by molar-refractivity contribution is 6.18. The summed E-state index contributed by atoms with van der Waals surface area (Å²) in [6.45, 7) is -0.509. The van der Waals surface area contributed by atoms with Crippen LogP contribution in [0.2, 0.25) is 0 Å². The van der Waals surface area contributed by atoms with Gasteiger partial charge in [0.1, 0.15) is 36.6 Å². The summed E-state index contributed by atoms with van der Waals surface area (Å²) in [7, 11) is 0. The summed E-state index contributed by atoms with van der Waals surface area (Å²) < 4.78 is 16.6. The van der Waals surface area contributed by atoms with Crippen LogP contribution in [0.4, 0.5) is 4.79 Å². The van der Waals surface area contributed by atoms with E-state index in [-0.39, 0.29) is 32.2 Å². The minimum atomic E-state index is -1.68. The summed E-state index contributed by atoms with van der Waals surface area (Å²) in [6.07, 6.45) is -9.54. The molecule has 0 aliphatic carbocycles. The zero-order valence-corrected chi connectivity index (χ0v) is 21.0. The Labute approximate surface area is 218 Å². The molecule has 2 fully saturated rings. The highest BCUT2D eigenvalue weighted by Gasteiger charge is 2.49. The number of nitrogens with zero attached hydrogens (tertiary/aromatic N) is 3. The van der Waals surface area contributed by atoms with E-state index in [2.05, 4.69) is 5.29 Å². The standard InChI is InChI=1S/C21H36ClN3O12/c1-2-3-5-24(21(33)25(23-34)6-4-22)20-19(32)15(28)11(12(7-26)37-20)9-35-10-14-17(30)18(31)16(29)13(8-27)36-14/h2-3,11-20,26-32H,4-10H2,1H3/b3-2-. The van der Waals surface area contributed by atoms with E-state index in [1.54, 1.807) is 19.1 Å². The van der Waals surface area contributed by atoms with Crippen molar-refractivity contribution in [2.24, 2.45) is 11.2 Å². The van der Waals surface area contributed by atoms with Crippen molar-refractivity contribution < 1.29 is 54.8 Å². The molecule has 0 bridgehead atoms. The summed E-state index contributed by atoms with van der Waals surface area (Å²) in [5.41, 5.74) is 0. The molecule has 0 radical (unpaired) electrons. The number of halogens is 1. The number of ether oxygens (including phenoxy) is 3. The Bertz CT molecular complexity index is 748. The van der Waals surface area contributed by atoms with Crippen molar-refractivity contribution in [3.05, 3.63) is 17.1 Å². The van der Waals surface area contributed by atoms with Gasteiger partial charge in [-0.3, -0.25) is 4.90 Å². The quantitative estimate of drug-likeness (QED) is 0.0556. The van der Waals surface area contributed by atoms with Crippen LogP contribution in [0.3, 0.4) is 0 Å². The minimum absolute atomic E-state index is 0.0846. The molecule has 0 aromatic heterocycles. The molecule has 37 heavy (non-hydrogen) atoms. The molecule has 0 spiro atoms. The van der Waals surface area contributed by atoms with Crippen molar-refractivity contribution in [3.8, 4) is 0 Å². The Kier molecular flexibility index (Phi) is 13.0. The molecule has 0 aromatic rings. The second-order valence-electron chi connectivity index (χ2n) is 8.70. The second kappa shape index (κ2) is 15.2. The molecular formula is C21H36ClN3O12. The van der Waals surface area contributed by atoms with E-state index in [0.29, 0.717) is 5.01 Å². The van der Waals surface area contributed by atoms with Crippen molar-refractivity contribution in [2.45, 2.75) is 62.0 Å². The number of nitroso groups, excluding NO2 is 1.